The van der Waals surface area contributed by atoms with Crippen molar-refractivity contribution < 1.29 is 4.79 Å². The van der Waals surface area contributed by atoms with Crippen LogP contribution in [0.3, 0.4) is 0 Å². The smallest absolute Gasteiger partial charge is 0.228 e. The van der Waals surface area contributed by atoms with Crippen LogP contribution in [-0.2, 0) is 4.79 Å². The van der Waals surface area contributed by atoms with Crippen molar-refractivity contribution in [1.29, 1.82) is 0 Å². The van der Waals surface area contributed by atoms with E-state index in [9.17, 15) is 4.79 Å². The third kappa shape index (κ3) is 3.63. The number of nitrogens with one attached hydrogen (secondary N) is 2. The maximum Gasteiger partial charge on any atom is 0.228 e. The van der Waals surface area contributed by atoms with Crippen molar-refractivity contribution in [1.82, 2.24) is 5.32 Å². The van der Waals surface area contributed by atoms with Crippen molar-refractivity contribution in [2.45, 2.75) is 11.3 Å². The number of carbonyl (C=O) groups is 1. The number of anilines is 1. The quantitative estimate of drug-likeness (QED) is 0.830. The monoisotopic (exact) mass is 272 g/mol. The average molecular weight is 273 g/mol. The van der Waals surface area contributed by atoms with Crippen molar-refractivity contribution in [2.75, 3.05) is 24.7 Å². The Labute approximate surface area is 112 Å². The standard InChI is InChI=1S/C12H16N2OS.ClH/c1-16-11-5-3-2-4-10(11)14-12(15)9-6-7-13-8-9;/h2-5,9,13H,6-8H2,1H3,(H,14,15);1H. The summed E-state index contributed by atoms with van der Waals surface area (Å²) >= 11 is 1.65. The molecule has 2 N–H and O–H groups in total. The van der Waals surface area contributed by atoms with E-state index in [1.165, 1.54) is 0 Å². The normalized spacial score (nSPS) is 18.5. The number of hydrogen-bond acceptors (Lipinski definition) is 3. The van der Waals surface area contributed by atoms with Gasteiger partial charge in [0.2, 0.25) is 5.91 Å². The molecular weight excluding hydrogens is 256 g/mol. The van der Waals surface area contributed by atoms with E-state index in [4.69, 9.17) is 0 Å². The van der Waals surface area contributed by atoms with Crippen molar-refractivity contribution in [3.63, 3.8) is 0 Å². The second-order valence-corrected chi connectivity index (χ2v) is 4.73. The lowest BCUT2D eigenvalue weighted by Crippen LogP contribution is -2.24. The van der Waals surface area contributed by atoms with Gasteiger partial charge in [-0.15, -0.1) is 24.2 Å². The predicted octanol–water partition coefficient (Wildman–Crippen LogP) is 2.38. The van der Waals surface area contributed by atoms with Crippen LogP contribution in [0.1, 0.15) is 6.42 Å². The number of benzene rings is 1. The van der Waals surface area contributed by atoms with E-state index in [2.05, 4.69) is 10.6 Å². The molecule has 17 heavy (non-hydrogen) atoms. The Morgan fingerprint density at radius 3 is 2.88 bits per heavy atom. The van der Waals surface area contributed by atoms with Gasteiger partial charge in [-0.05, 0) is 31.4 Å². The summed E-state index contributed by atoms with van der Waals surface area (Å²) in [6.45, 7) is 1.75. The first-order valence-electron chi connectivity index (χ1n) is 5.46. The first kappa shape index (κ1) is 14.4. The van der Waals surface area contributed by atoms with Gasteiger partial charge in [0.05, 0.1) is 11.6 Å². The maximum atomic E-state index is 11.9. The van der Waals surface area contributed by atoms with Gasteiger partial charge in [-0.25, -0.2) is 0 Å². The molecule has 1 aromatic rings. The van der Waals surface area contributed by atoms with Crippen LogP contribution in [0.15, 0.2) is 29.2 Å². The number of para-hydroxylation sites is 1. The van der Waals surface area contributed by atoms with E-state index < -0.39 is 0 Å². The molecule has 0 spiro atoms. The van der Waals surface area contributed by atoms with Crippen LogP contribution in [0.25, 0.3) is 0 Å². The summed E-state index contributed by atoms with van der Waals surface area (Å²) in [4.78, 5) is 13.0. The van der Waals surface area contributed by atoms with E-state index in [-0.39, 0.29) is 24.2 Å². The predicted molar refractivity (Wildman–Crippen MR) is 75.1 cm³/mol. The highest BCUT2D eigenvalue weighted by Gasteiger charge is 2.22. The molecular formula is C12H17ClN2OS. The number of rotatable bonds is 3. The number of hydrogen-bond donors (Lipinski definition) is 2. The molecule has 1 aromatic carbocycles. The summed E-state index contributed by atoms with van der Waals surface area (Å²) in [5.41, 5.74) is 0.923. The maximum absolute atomic E-state index is 11.9. The molecule has 0 bridgehead atoms. The molecule has 1 amide bonds. The number of amides is 1. The zero-order valence-corrected chi connectivity index (χ0v) is 11.4. The molecule has 1 atom stereocenters. The zero-order chi connectivity index (χ0) is 11.4. The molecule has 1 aliphatic heterocycles. The Balaban J connectivity index is 0.00000144. The summed E-state index contributed by atoms with van der Waals surface area (Å²) in [7, 11) is 0. The van der Waals surface area contributed by atoms with Crippen molar-refractivity contribution >= 4 is 35.8 Å². The summed E-state index contributed by atoms with van der Waals surface area (Å²) in [6.07, 6.45) is 2.95. The number of halogens is 1. The Morgan fingerprint density at radius 1 is 1.47 bits per heavy atom. The number of thioether (sulfide) groups is 1. The molecule has 0 aromatic heterocycles. The lowest BCUT2D eigenvalue weighted by molar-refractivity contribution is -0.119. The van der Waals surface area contributed by atoms with E-state index in [1.54, 1.807) is 11.8 Å². The van der Waals surface area contributed by atoms with E-state index in [1.807, 2.05) is 30.5 Å². The highest BCUT2D eigenvalue weighted by Crippen LogP contribution is 2.25. The van der Waals surface area contributed by atoms with Gasteiger partial charge in [0.1, 0.15) is 0 Å². The molecule has 0 aliphatic carbocycles. The highest BCUT2D eigenvalue weighted by atomic mass is 35.5. The highest BCUT2D eigenvalue weighted by molar-refractivity contribution is 7.98. The van der Waals surface area contributed by atoms with Gasteiger partial charge in [0, 0.05) is 11.4 Å². The second-order valence-electron chi connectivity index (χ2n) is 3.88. The molecule has 1 aliphatic rings. The van der Waals surface area contributed by atoms with Crippen LogP contribution in [0.4, 0.5) is 5.69 Å². The number of carbonyl (C=O) groups excluding carboxylic acids is 1. The lowest BCUT2D eigenvalue weighted by Gasteiger charge is -2.12. The fourth-order valence-electron chi connectivity index (χ4n) is 1.86. The Kier molecular flexibility index (Phi) is 5.82. The van der Waals surface area contributed by atoms with Crippen LogP contribution in [0.5, 0.6) is 0 Å². The van der Waals surface area contributed by atoms with Crippen LogP contribution < -0.4 is 10.6 Å². The van der Waals surface area contributed by atoms with Crippen molar-refractivity contribution in [3.05, 3.63) is 24.3 Å². The van der Waals surface area contributed by atoms with E-state index in [0.29, 0.717) is 0 Å². The van der Waals surface area contributed by atoms with Crippen LogP contribution >= 0.6 is 24.2 Å². The first-order chi connectivity index (χ1) is 7.81. The molecule has 1 heterocycles. The molecule has 5 heteroatoms. The largest absolute Gasteiger partial charge is 0.325 e. The van der Waals surface area contributed by atoms with Gasteiger partial charge in [0.15, 0.2) is 0 Å². The molecule has 1 saturated heterocycles. The molecule has 1 unspecified atom stereocenters. The van der Waals surface area contributed by atoms with Crippen LogP contribution in [0, 0.1) is 5.92 Å². The molecule has 0 saturated carbocycles. The fraction of sp³-hybridized carbons (Fsp3) is 0.417. The summed E-state index contributed by atoms with van der Waals surface area (Å²) in [5.74, 6) is 0.251. The van der Waals surface area contributed by atoms with Gasteiger partial charge >= 0.3 is 0 Å². The topological polar surface area (TPSA) is 41.1 Å². The Morgan fingerprint density at radius 2 is 2.24 bits per heavy atom. The van der Waals surface area contributed by atoms with Gasteiger partial charge in [-0.2, -0.15) is 0 Å². The summed E-state index contributed by atoms with van der Waals surface area (Å²) < 4.78 is 0. The minimum absolute atomic E-state index is 0. The third-order valence-electron chi connectivity index (χ3n) is 2.80. The van der Waals surface area contributed by atoms with Crippen molar-refractivity contribution in [2.24, 2.45) is 5.92 Å². The van der Waals surface area contributed by atoms with E-state index in [0.717, 1.165) is 30.1 Å². The molecule has 3 nitrogen and oxygen atoms in total. The summed E-state index contributed by atoms with van der Waals surface area (Å²) in [5, 5.41) is 6.21. The molecule has 0 radical (unpaired) electrons. The molecule has 94 valence electrons. The van der Waals surface area contributed by atoms with Gasteiger partial charge in [-0.3, -0.25) is 4.79 Å². The second kappa shape index (κ2) is 6.89. The first-order valence-corrected chi connectivity index (χ1v) is 6.68. The van der Waals surface area contributed by atoms with Crippen molar-refractivity contribution in [3.8, 4) is 0 Å². The van der Waals surface area contributed by atoms with Gasteiger partial charge in [-0.1, -0.05) is 12.1 Å². The minimum atomic E-state index is 0. The van der Waals surface area contributed by atoms with E-state index >= 15 is 0 Å². The molecule has 2 rings (SSSR count). The zero-order valence-electron chi connectivity index (χ0n) is 9.73. The fourth-order valence-corrected chi connectivity index (χ4v) is 2.41. The van der Waals surface area contributed by atoms with Gasteiger partial charge < -0.3 is 10.6 Å². The third-order valence-corrected chi connectivity index (χ3v) is 3.59. The summed E-state index contributed by atoms with van der Waals surface area (Å²) in [6, 6.07) is 7.90. The Bertz CT molecular complexity index is 381. The minimum Gasteiger partial charge on any atom is -0.325 e. The van der Waals surface area contributed by atoms with Crippen LogP contribution in [0.2, 0.25) is 0 Å². The molecule has 1 fully saturated rings. The average Bonchev–Trinajstić information content (AvgIpc) is 2.83. The van der Waals surface area contributed by atoms with Gasteiger partial charge in [0.25, 0.3) is 0 Å². The lowest BCUT2D eigenvalue weighted by atomic mass is 10.1. The van der Waals surface area contributed by atoms with Crippen LogP contribution in [-0.4, -0.2) is 25.3 Å². The SMILES string of the molecule is CSc1ccccc1NC(=O)C1CCNC1.Cl. The Hall–Kier alpha value is -0.710.